The van der Waals surface area contributed by atoms with Gasteiger partial charge in [0.25, 0.3) is 10.1 Å². The number of benzene rings is 1. The number of ketones is 1. The van der Waals surface area contributed by atoms with Crippen molar-refractivity contribution in [2.24, 2.45) is 0 Å². The number of hydrogen-bond acceptors (Lipinski definition) is 5. The van der Waals surface area contributed by atoms with Crippen molar-refractivity contribution in [3.8, 4) is 0 Å². The Morgan fingerprint density at radius 2 is 1.94 bits per heavy atom. The van der Waals surface area contributed by atoms with Crippen LogP contribution in [0.1, 0.15) is 10.4 Å². The minimum absolute atomic E-state index is 0.140. The Balaban J connectivity index is 2.88. The van der Waals surface area contributed by atoms with Gasteiger partial charge in [0.2, 0.25) is 0 Å². The summed E-state index contributed by atoms with van der Waals surface area (Å²) in [7, 11) is -2.04. The maximum absolute atomic E-state index is 12.0. The largest absolute Gasteiger partial charge is 0.317 e. The highest BCUT2D eigenvalue weighted by Gasteiger charge is 2.24. The van der Waals surface area contributed by atoms with Crippen molar-refractivity contribution in [1.29, 1.82) is 0 Å². The Kier molecular flexibility index (Phi) is 4.80. The molecular weight excluding hydrogens is 242 g/mol. The summed E-state index contributed by atoms with van der Waals surface area (Å²) in [5.74, 6) is -0.356. The van der Waals surface area contributed by atoms with Gasteiger partial charge in [0.1, 0.15) is 0 Å². The molecule has 0 aliphatic rings. The second-order valence-corrected chi connectivity index (χ2v) is 5.18. The molecule has 94 valence electrons. The molecule has 0 bridgehead atoms. The van der Waals surface area contributed by atoms with Crippen LogP contribution in [0.25, 0.3) is 0 Å². The van der Waals surface area contributed by atoms with Crippen LogP contribution in [0.4, 0.5) is 0 Å². The average Bonchev–Trinajstić information content (AvgIpc) is 2.27. The third-order valence-corrected chi connectivity index (χ3v) is 2.61. The van der Waals surface area contributed by atoms with Crippen LogP contribution in [0.3, 0.4) is 0 Å². The Hall–Kier alpha value is -1.24. The molecule has 0 heterocycles. The van der Waals surface area contributed by atoms with Crippen LogP contribution in [0.2, 0.25) is 0 Å². The molecule has 1 aromatic rings. The highest BCUT2D eigenvalue weighted by Crippen LogP contribution is 2.08. The molecule has 1 aromatic carbocycles. The third kappa shape index (κ3) is 4.64. The first-order chi connectivity index (χ1) is 7.94. The fourth-order valence-electron chi connectivity index (χ4n) is 1.36. The van der Waals surface area contributed by atoms with Gasteiger partial charge < -0.3 is 5.32 Å². The fourth-order valence-corrected chi connectivity index (χ4v) is 1.93. The van der Waals surface area contributed by atoms with Crippen LogP contribution < -0.4 is 5.32 Å². The zero-order chi connectivity index (χ0) is 12.9. The molecule has 0 aromatic heterocycles. The van der Waals surface area contributed by atoms with Gasteiger partial charge in [-0.2, -0.15) is 8.42 Å². The minimum atomic E-state index is -3.66. The van der Waals surface area contributed by atoms with Gasteiger partial charge in [-0.15, -0.1) is 0 Å². The van der Waals surface area contributed by atoms with Crippen LogP contribution in [0, 0.1) is 0 Å². The molecule has 0 fully saturated rings. The molecule has 0 aliphatic carbocycles. The normalized spacial score (nSPS) is 13.3. The van der Waals surface area contributed by atoms with Gasteiger partial charge in [0.15, 0.2) is 11.9 Å². The van der Waals surface area contributed by atoms with E-state index in [4.69, 9.17) is 4.18 Å². The second kappa shape index (κ2) is 5.90. The number of likely N-dealkylation sites (N-methyl/N-ethyl adjacent to an activating group) is 1. The van der Waals surface area contributed by atoms with E-state index in [1.807, 2.05) is 0 Å². The molecule has 0 saturated carbocycles. The molecular formula is C11H15NO4S. The number of carbonyl (C=O) groups excluding carboxylic acids is 1. The molecule has 1 atom stereocenters. The second-order valence-electron chi connectivity index (χ2n) is 3.58. The predicted octanol–water partition coefficient (Wildman–Crippen LogP) is 0.433. The smallest absolute Gasteiger partial charge is 0.265 e. The van der Waals surface area contributed by atoms with E-state index in [2.05, 4.69) is 5.32 Å². The van der Waals surface area contributed by atoms with Crippen molar-refractivity contribution in [1.82, 2.24) is 5.32 Å². The summed E-state index contributed by atoms with van der Waals surface area (Å²) in [6, 6.07) is 8.45. The number of rotatable bonds is 6. The zero-order valence-corrected chi connectivity index (χ0v) is 10.5. The van der Waals surface area contributed by atoms with Crippen LogP contribution in [0.15, 0.2) is 30.3 Å². The predicted molar refractivity (Wildman–Crippen MR) is 64.4 cm³/mol. The lowest BCUT2D eigenvalue weighted by atomic mass is 10.1. The first kappa shape index (κ1) is 13.8. The van der Waals surface area contributed by atoms with E-state index in [1.165, 1.54) is 0 Å². The Morgan fingerprint density at radius 1 is 1.35 bits per heavy atom. The summed E-state index contributed by atoms with van der Waals surface area (Å²) in [5.41, 5.74) is 0.427. The standard InChI is InChI=1S/C11H15NO4S/c1-12-8-10(16-17(2,14)15)11(13)9-6-4-3-5-7-9/h3-7,10,12H,8H2,1-2H3. The molecule has 0 radical (unpaired) electrons. The summed E-state index contributed by atoms with van der Waals surface area (Å²) in [4.78, 5) is 12.0. The molecule has 0 aliphatic heterocycles. The number of Topliss-reactive ketones (excluding diaryl/α,β-unsaturated/α-hetero) is 1. The van der Waals surface area contributed by atoms with Gasteiger partial charge in [-0.05, 0) is 7.05 Å². The lowest BCUT2D eigenvalue weighted by Gasteiger charge is -2.14. The van der Waals surface area contributed by atoms with Crippen LogP contribution in [-0.4, -0.2) is 40.2 Å². The van der Waals surface area contributed by atoms with Crippen molar-refractivity contribution < 1.29 is 17.4 Å². The van der Waals surface area contributed by atoms with Gasteiger partial charge in [-0.25, -0.2) is 0 Å². The Morgan fingerprint density at radius 3 is 2.41 bits per heavy atom. The Labute approximate surface area is 101 Å². The molecule has 6 heteroatoms. The topological polar surface area (TPSA) is 72.5 Å². The number of carbonyl (C=O) groups is 1. The van der Waals surface area contributed by atoms with E-state index < -0.39 is 16.2 Å². The van der Waals surface area contributed by atoms with Gasteiger partial charge in [0, 0.05) is 12.1 Å². The maximum atomic E-state index is 12.0. The molecule has 17 heavy (non-hydrogen) atoms. The van der Waals surface area contributed by atoms with Crippen molar-refractivity contribution in [2.75, 3.05) is 19.8 Å². The molecule has 1 N–H and O–H groups in total. The van der Waals surface area contributed by atoms with E-state index in [-0.39, 0.29) is 12.3 Å². The van der Waals surface area contributed by atoms with E-state index >= 15 is 0 Å². The molecule has 5 nitrogen and oxygen atoms in total. The van der Waals surface area contributed by atoms with E-state index in [0.717, 1.165) is 6.26 Å². The van der Waals surface area contributed by atoms with Gasteiger partial charge in [-0.3, -0.25) is 8.98 Å². The van der Waals surface area contributed by atoms with Crippen molar-refractivity contribution in [3.63, 3.8) is 0 Å². The van der Waals surface area contributed by atoms with Gasteiger partial charge >= 0.3 is 0 Å². The van der Waals surface area contributed by atoms with E-state index in [1.54, 1.807) is 37.4 Å². The summed E-state index contributed by atoms with van der Waals surface area (Å²) in [5, 5.41) is 2.73. The fraction of sp³-hybridized carbons (Fsp3) is 0.364. The summed E-state index contributed by atoms with van der Waals surface area (Å²) in [6.45, 7) is 0.140. The molecule has 0 amide bonds. The van der Waals surface area contributed by atoms with Gasteiger partial charge in [-0.1, -0.05) is 30.3 Å². The van der Waals surface area contributed by atoms with Crippen LogP contribution in [-0.2, 0) is 14.3 Å². The van der Waals surface area contributed by atoms with Crippen molar-refractivity contribution >= 4 is 15.9 Å². The zero-order valence-electron chi connectivity index (χ0n) is 9.71. The molecule has 0 spiro atoms. The number of hydrogen-bond donors (Lipinski definition) is 1. The van der Waals surface area contributed by atoms with Crippen LogP contribution in [0.5, 0.6) is 0 Å². The summed E-state index contributed by atoms with van der Waals surface area (Å²) < 4.78 is 26.9. The lowest BCUT2D eigenvalue weighted by Crippen LogP contribution is -2.35. The summed E-state index contributed by atoms with van der Waals surface area (Å²) >= 11 is 0. The monoisotopic (exact) mass is 257 g/mol. The minimum Gasteiger partial charge on any atom is -0.317 e. The van der Waals surface area contributed by atoms with Crippen molar-refractivity contribution in [2.45, 2.75) is 6.10 Å². The molecule has 1 unspecified atom stereocenters. The first-order valence-corrected chi connectivity index (χ1v) is 6.88. The molecule has 1 rings (SSSR count). The van der Waals surface area contributed by atoms with E-state index in [9.17, 15) is 13.2 Å². The third-order valence-electron chi connectivity index (χ3n) is 2.03. The van der Waals surface area contributed by atoms with Crippen molar-refractivity contribution in [3.05, 3.63) is 35.9 Å². The number of nitrogens with one attached hydrogen (secondary N) is 1. The highest BCUT2D eigenvalue weighted by atomic mass is 32.2. The highest BCUT2D eigenvalue weighted by molar-refractivity contribution is 7.86. The van der Waals surface area contributed by atoms with Crippen LogP contribution >= 0.6 is 0 Å². The van der Waals surface area contributed by atoms with Gasteiger partial charge in [0.05, 0.1) is 6.26 Å². The average molecular weight is 257 g/mol. The van der Waals surface area contributed by atoms with E-state index in [0.29, 0.717) is 5.56 Å². The summed E-state index contributed by atoms with van der Waals surface area (Å²) in [6.07, 6.45) is -0.106. The quantitative estimate of drug-likeness (QED) is 0.591. The lowest BCUT2D eigenvalue weighted by molar-refractivity contribution is 0.0805. The SMILES string of the molecule is CNCC(OS(C)(=O)=O)C(=O)c1ccccc1. The maximum Gasteiger partial charge on any atom is 0.265 e. The Bertz CT molecular complexity index is 470. The first-order valence-electron chi connectivity index (χ1n) is 5.06. The molecule has 0 saturated heterocycles.